The van der Waals surface area contributed by atoms with Crippen LogP contribution in [0.1, 0.15) is 100 Å². The van der Waals surface area contributed by atoms with Crippen molar-refractivity contribution in [3.8, 4) is 5.75 Å². The van der Waals surface area contributed by atoms with Crippen LogP contribution in [0.15, 0.2) is 24.3 Å². The van der Waals surface area contributed by atoms with E-state index in [-0.39, 0.29) is 17.9 Å². The normalized spacial score (nSPS) is 24.2. The molecule has 2 aromatic heterocycles. The van der Waals surface area contributed by atoms with Gasteiger partial charge >= 0.3 is 5.97 Å². The van der Waals surface area contributed by atoms with Gasteiger partial charge in [0.05, 0.1) is 13.2 Å². The van der Waals surface area contributed by atoms with E-state index in [1.807, 2.05) is 6.07 Å². The molecular formula is C32H44N6O3. The standard InChI is InChI=1S/C32H44N6O3/c1-20-13-15-22(16-14-20)19-38-27-28(33-21(2)23-8-6-9-23)34-30(31(39)40)35-29(27)36-32(38)37-17-5-4-12-26(37)24-10-7-11-25(18-24)41-3/h7,10-11,18,20-23,26H,4-6,8-9,12-17,19H2,1-3H3,(H,39,40)(H,33,34,35)/t20?,21-,22?,26?/m1/s1. The number of fused-ring (bicyclic) bond motifs is 1. The molecule has 220 valence electrons. The fourth-order valence-electron chi connectivity index (χ4n) is 7.02. The summed E-state index contributed by atoms with van der Waals surface area (Å²) in [6.07, 6.45) is 11.7. The maximum atomic E-state index is 12.1. The number of aromatic nitrogens is 4. The highest BCUT2D eigenvalue weighted by Gasteiger charge is 2.33. The van der Waals surface area contributed by atoms with E-state index in [1.54, 1.807) is 7.11 Å². The Morgan fingerprint density at radius 3 is 2.59 bits per heavy atom. The van der Waals surface area contributed by atoms with E-state index < -0.39 is 5.97 Å². The summed E-state index contributed by atoms with van der Waals surface area (Å²) < 4.78 is 7.90. The van der Waals surface area contributed by atoms with Crippen molar-refractivity contribution in [3.05, 3.63) is 35.7 Å². The van der Waals surface area contributed by atoms with Crippen molar-refractivity contribution in [2.45, 2.75) is 96.7 Å². The predicted octanol–water partition coefficient (Wildman–Crippen LogP) is 6.69. The fourth-order valence-corrected chi connectivity index (χ4v) is 7.02. The Balaban J connectivity index is 1.47. The van der Waals surface area contributed by atoms with Gasteiger partial charge in [-0.15, -0.1) is 0 Å². The highest BCUT2D eigenvalue weighted by atomic mass is 16.5. The minimum absolute atomic E-state index is 0.151. The van der Waals surface area contributed by atoms with Crippen LogP contribution in [-0.2, 0) is 6.54 Å². The van der Waals surface area contributed by atoms with Gasteiger partial charge in [0.15, 0.2) is 11.5 Å². The van der Waals surface area contributed by atoms with Crippen LogP contribution in [-0.4, -0.2) is 50.3 Å². The number of methoxy groups -OCH3 is 1. The molecule has 41 heavy (non-hydrogen) atoms. The summed E-state index contributed by atoms with van der Waals surface area (Å²) in [4.78, 5) is 28.7. The number of rotatable bonds is 9. The lowest BCUT2D eigenvalue weighted by molar-refractivity contribution is 0.0684. The molecule has 3 aliphatic rings. The first-order valence-corrected chi connectivity index (χ1v) is 15.6. The van der Waals surface area contributed by atoms with Gasteiger partial charge in [-0.1, -0.05) is 38.3 Å². The lowest BCUT2D eigenvalue weighted by Crippen LogP contribution is -2.36. The first-order valence-electron chi connectivity index (χ1n) is 15.6. The first-order chi connectivity index (χ1) is 19.9. The van der Waals surface area contributed by atoms with E-state index in [9.17, 15) is 9.90 Å². The maximum absolute atomic E-state index is 12.1. The number of hydrogen-bond acceptors (Lipinski definition) is 7. The highest BCUT2D eigenvalue weighted by Crippen LogP contribution is 2.40. The molecule has 1 saturated heterocycles. The molecule has 3 fully saturated rings. The van der Waals surface area contributed by atoms with Crippen LogP contribution < -0.4 is 15.0 Å². The molecule has 0 radical (unpaired) electrons. The zero-order valence-corrected chi connectivity index (χ0v) is 24.7. The minimum Gasteiger partial charge on any atom is -0.497 e. The third-order valence-electron chi connectivity index (χ3n) is 9.81. The lowest BCUT2D eigenvalue weighted by atomic mass is 9.80. The molecule has 3 heterocycles. The molecule has 2 N–H and O–H groups in total. The van der Waals surface area contributed by atoms with Crippen LogP contribution >= 0.6 is 0 Å². The Morgan fingerprint density at radius 2 is 1.88 bits per heavy atom. The van der Waals surface area contributed by atoms with Crippen LogP contribution in [0.3, 0.4) is 0 Å². The molecule has 1 aliphatic heterocycles. The number of benzene rings is 1. The summed E-state index contributed by atoms with van der Waals surface area (Å²) in [6.45, 7) is 6.26. The molecule has 1 unspecified atom stereocenters. The molecule has 1 aromatic carbocycles. The topological polar surface area (TPSA) is 105 Å². The number of hydrogen-bond donors (Lipinski definition) is 2. The molecule has 0 spiro atoms. The fraction of sp³-hybridized carbons (Fsp3) is 0.625. The van der Waals surface area contributed by atoms with Crippen molar-refractivity contribution in [2.75, 3.05) is 23.9 Å². The SMILES string of the molecule is COc1cccc(C2CCCCN2c2nc3nc(C(=O)O)nc(N[C@H](C)C4CCC4)c3n2CC2CCC(C)CC2)c1. The Morgan fingerprint density at radius 1 is 1.07 bits per heavy atom. The third-order valence-corrected chi connectivity index (χ3v) is 9.81. The number of anilines is 2. The van der Waals surface area contributed by atoms with Gasteiger partial charge in [-0.05, 0) is 87.3 Å². The molecule has 6 rings (SSSR count). The van der Waals surface area contributed by atoms with E-state index in [4.69, 9.17) is 9.72 Å². The summed E-state index contributed by atoms with van der Waals surface area (Å²) in [5.41, 5.74) is 2.52. The monoisotopic (exact) mass is 560 g/mol. The van der Waals surface area contributed by atoms with Crippen molar-refractivity contribution in [1.82, 2.24) is 19.5 Å². The number of carboxylic acids is 1. The van der Waals surface area contributed by atoms with E-state index in [2.05, 4.69) is 56.8 Å². The highest BCUT2D eigenvalue weighted by molar-refractivity contribution is 5.91. The number of piperidine rings is 1. The smallest absolute Gasteiger partial charge is 0.374 e. The van der Waals surface area contributed by atoms with Crippen LogP contribution in [0, 0.1) is 17.8 Å². The number of carbonyl (C=O) groups is 1. The first kappa shape index (κ1) is 27.8. The molecule has 2 saturated carbocycles. The quantitative estimate of drug-likeness (QED) is 0.298. The zero-order valence-electron chi connectivity index (χ0n) is 24.7. The van der Waals surface area contributed by atoms with Crippen LogP contribution in [0.4, 0.5) is 11.8 Å². The number of nitrogens with zero attached hydrogens (tertiary/aromatic N) is 5. The zero-order chi connectivity index (χ0) is 28.5. The van der Waals surface area contributed by atoms with Gasteiger partial charge < -0.3 is 24.6 Å². The number of nitrogens with one attached hydrogen (secondary N) is 1. The molecule has 2 aliphatic carbocycles. The number of carboxylic acid groups (broad SMARTS) is 1. The van der Waals surface area contributed by atoms with Gasteiger partial charge in [-0.2, -0.15) is 4.98 Å². The predicted molar refractivity (Wildman–Crippen MR) is 161 cm³/mol. The van der Waals surface area contributed by atoms with Crippen molar-refractivity contribution in [3.63, 3.8) is 0 Å². The van der Waals surface area contributed by atoms with Gasteiger partial charge in [0.1, 0.15) is 11.3 Å². The van der Waals surface area contributed by atoms with Crippen LogP contribution in [0.5, 0.6) is 5.75 Å². The molecule has 9 nitrogen and oxygen atoms in total. The van der Waals surface area contributed by atoms with Gasteiger partial charge in [0.2, 0.25) is 11.8 Å². The maximum Gasteiger partial charge on any atom is 0.374 e. The Kier molecular flexibility index (Phi) is 8.04. The van der Waals surface area contributed by atoms with Gasteiger partial charge in [-0.25, -0.2) is 14.8 Å². The molecule has 2 atom stereocenters. The third kappa shape index (κ3) is 5.72. The average Bonchev–Trinajstić information content (AvgIpc) is 3.31. The Labute approximate surface area is 242 Å². The molecular weight excluding hydrogens is 516 g/mol. The van der Waals surface area contributed by atoms with Gasteiger partial charge in [0.25, 0.3) is 0 Å². The Bertz CT molecular complexity index is 1380. The summed E-state index contributed by atoms with van der Waals surface area (Å²) in [5, 5.41) is 13.5. The van der Waals surface area contributed by atoms with E-state index in [0.29, 0.717) is 23.3 Å². The second kappa shape index (κ2) is 11.9. The summed E-state index contributed by atoms with van der Waals surface area (Å²) >= 11 is 0. The van der Waals surface area contributed by atoms with Crippen molar-refractivity contribution >= 4 is 28.9 Å². The van der Waals surface area contributed by atoms with Crippen molar-refractivity contribution < 1.29 is 14.6 Å². The van der Waals surface area contributed by atoms with Crippen LogP contribution in [0.25, 0.3) is 11.2 Å². The van der Waals surface area contributed by atoms with E-state index in [0.717, 1.165) is 55.5 Å². The average molecular weight is 561 g/mol. The van der Waals surface area contributed by atoms with Gasteiger partial charge in [-0.3, -0.25) is 0 Å². The molecule has 0 amide bonds. The summed E-state index contributed by atoms with van der Waals surface area (Å²) in [5.74, 6) is 2.88. The lowest BCUT2D eigenvalue weighted by Gasteiger charge is -2.38. The van der Waals surface area contributed by atoms with Crippen molar-refractivity contribution in [2.24, 2.45) is 17.8 Å². The van der Waals surface area contributed by atoms with Gasteiger partial charge in [0, 0.05) is 19.1 Å². The molecule has 3 aromatic rings. The summed E-state index contributed by atoms with van der Waals surface area (Å²) in [6, 6.07) is 8.70. The Hall–Kier alpha value is -3.36. The number of ether oxygens (including phenoxy) is 1. The van der Waals surface area contributed by atoms with Crippen LogP contribution in [0.2, 0.25) is 0 Å². The van der Waals surface area contributed by atoms with E-state index >= 15 is 0 Å². The van der Waals surface area contributed by atoms with Crippen molar-refractivity contribution in [1.29, 1.82) is 0 Å². The number of imidazole rings is 1. The largest absolute Gasteiger partial charge is 0.497 e. The summed E-state index contributed by atoms with van der Waals surface area (Å²) in [7, 11) is 1.71. The minimum atomic E-state index is -1.13. The molecule has 9 heteroatoms. The molecule has 0 bridgehead atoms. The van der Waals surface area contributed by atoms with E-state index in [1.165, 1.54) is 50.5 Å². The second-order valence-corrected chi connectivity index (χ2v) is 12.6. The number of aromatic carboxylic acids is 1. The second-order valence-electron chi connectivity index (χ2n) is 12.6.